The molecular formula is C11H9ClN2O3S. The Balaban J connectivity index is 2.37. The fourth-order valence-corrected chi connectivity index (χ4v) is 2.93. The van der Waals surface area contributed by atoms with Crippen molar-refractivity contribution in [2.75, 3.05) is 11.4 Å². The number of nitrogens with zero attached hydrogens (tertiary/aromatic N) is 2. The number of carbonyl (C=O) groups is 1. The van der Waals surface area contributed by atoms with Crippen molar-refractivity contribution < 1.29 is 13.2 Å². The van der Waals surface area contributed by atoms with Gasteiger partial charge < -0.3 is 4.90 Å². The van der Waals surface area contributed by atoms with E-state index in [1.165, 1.54) is 4.90 Å². The highest BCUT2D eigenvalue weighted by Crippen LogP contribution is 2.28. The Morgan fingerprint density at radius 1 is 1.39 bits per heavy atom. The van der Waals surface area contributed by atoms with E-state index in [9.17, 15) is 13.2 Å². The Hall–Kier alpha value is -1.58. The molecule has 7 heteroatoms. The van der Waals surface area contributed by atoms with Crippen LogP contribution in [-0.4, -0.2) is 26.1 Å². The average molecular weight is 285 g/mol. The van der Waals surface area contributed by atoms with E-state index in [1.807, 2.05) is 6.07 Å². The van der Waals surface area contributed by atoms with Gasteiger partial charge in [-0.2, -0.15) is 5.26 Å². The number of hydrogen-bond acceptors (Lipinski definition) is 4. The van der Waals surface area contributed by atoms with E-state index in [0.717, 1.165) is 0 Å². The quantitative estimate of drug-likeness (QED) is 0.765. The fourth-order valence-electron chi connectivity index (χ4n) is 1.90. The first-order valence-corrected chi connectivity index (χ1v) is 7.53. The normalized spacial score (nSPS) is 19.9. The van der Waals surface area contributed by atoms with Crippen molar-refractivity contribution in [3.8, 4) is 6.07 Å². The first-order valence-electron chi connectivity index (χ1n) is 5.16. The third kappa shape index (κ3) is 2.33. The van der Waals surface area contributed by atoms with Crippen LogP contribution < -0.4 is 4.90 Å². The molecule has 1 aromatic rings. The van der Waals surface area contributed by atoms with Crippen molar-refractivity contribution in [1.82, 2.24) is 0 Å². The first-order chi connectivity index (χ1) is 8.43. The summed E-state index contributed by atoms with van der Waals surface area (Å²) in [5, 5.41) is 8.04. The van der Waals surface area contributed by atoms with E-state index < -0.39 is 14.3 Å². The lowest BCUT2D eigenvalue weighted by Crippen LogP contribution is -2.27. The maximum absolute atomic E-state index is 11.8. The highest BCUT2D eigenvalue weighted by atomic mass is 35.7. The molecule has 5 nitrogen and oxygen atoms in total. The number of carbonyl (C=O) groups excluding carboxylic acids is 1. The number of anilines is 1. The van der Waals surface area contributed by atoms with Crippen LogP contribution in [0.4, 0.5) is 5.69 Å². The van der Waals surface area contributed by atoms with Gasteiger partial charge in [0.15, 0.2) is 0 Å². The summed E-state index contributed by atoms with van der Waals surface area (Å²) < 4.78 is 22.5. The van der Waals surface area contributed by atoms with Crippen molar-refractivity contribution >= 4 is 31.3 Å². The molecule has 2 rings (SSSR count). The van der Waals surface area contributed by atoms with Crippen molar-refractivity contribution in [3.63, 3.8) is 0 Å². The van der Waals surface area contributed by atoms with Gasteiger partial charge in [0.25, 0.3) is 0 Å². The largest absolute Gasteiger partial charge is 0.310 e. The Kier molecular flexibility index (Phi) is 3.28. The maximum atomic E-state index is 11.8. The minimum atomic E-state index is -3.77. The van der Waals surface area contributed by atoms with E-state index in [-0.39, 0.29) is 18.9 Å². The van der Waals surface area contributed by atoms with Crippen LogP contribution in [0.1, 0.15) is 12.0 Å². The standard InChI is InChI=1S/C11H9ClN2O3S/c12-18(16,17)9-5-11(15)14(7-9)10-4-2-1-3-8(10)6-13/h1-4,9H,5,7H2. The highest BCUT2D eigenvalue weighted by molar-refractivity contribution is 8.14. The number of para-hydroxylation sites is 1. The van der Waals surface area contributed by atoms with Gasteiger partial charge in [0.2, 0.25) is 15.0 Å². The molecule has 0 spiro atoms. The van der Waals surface area contributed by atoms with Gasteiger partial charge in [-0.3, -0.25) is 4.79 Å². The number of nitriles is 1. The van der Waals surface area contributed by atoms with Gasteiger partial charge in [0.05, 0.1) is 11.3 Å². The van der Waals surface area contributed by atoms with Gasteiger partial charge in [-0.25, -0.2) is 8.42 Å². The second kappa shape index (κ2) is 4.59. The molecule has 1 amide bonds. The minimum Gasteiger partial charge on any atom is -0.310 e. The molecule has 0 bridgehead atoms. The van der Waals surface area contributed by atoms with Crippen LogP contribution in [0.2, 0.25) is 0 Å². The number of benzene rings is 1. The summed E-state index contributed by atoms with van der Waals surface area (Å²) in [5.74, 6) is -0.341. The highest BCUT2D eigenvalue weighted by Gasteiger charge is 2.38. The molecule has 1 unspecified atom stereocenters. The Labute approximate surface area is 109 Å². The van der Waals surface area contributed by atoms with Crippen LogP contribution in [-0.2, 0) is 13.8 Å². The van der Waals surface area contributed by atoms with Gasteiger partial charge in [-0.05, 0) is 12.1 Å². The predicted octanol–water partition coefficient (Wildman–Crippen LogP) is 1.23. The summed E-state index contributed by atoms with van der Waals surface area (Å²) >= 11 is 0. The molecule has 1 aliphatic rings. The second-order valence-corrected chi connectivity index (χ2v) is 6.84. The summed E-state index contributed by atoms with van der Waals surface area (Å²) in [6, 6.07) is 8.52. The summed E-state index contributed by atoms with van der Waals surface area (Å²) in [6.45, 7) is -0.0106. The average Bonchev–Trinajstić information content (AvgIpc) is 2.71. The third-order valence-corrected chi connectivity index (χ3v) is 4.67. The van der Waals surface area contributed by atoms with Crippen LogP contribution in [0, 0.1) is 11.3 Å². The molecule has 1 atom stereocenters. The smallest absolute Gasteiger partial charge is 0.237 e. The monoisotopic (exact) mass is 284 g/mol. The molecule has 0 aliphatic carbocycles. The summed E-state index contributed by atoms with van der Waals surface area (Å²) in [7, 11) is 1.49. The van der Waals surface area contributed by atoms with Crippen LogP contribution in [0.5, 0.6) is 0 Å². The van der Waals surface area contributed by atoms with Gasteiger partial charge >= 0.3 is 0 Å². The van der Waals surface area contributed by atoms with E-state index in [0.29, 0.717) is 11.3 Å². The summed E-state index contributed by atoms with van der Waals surface area (Å²) in [5.41, 5.74) is 0.756. The lowest BCUT2D eigenvalue weighted by molar-refractivity contribution is -0.117. The van der Waals surface area contributed by atoms with Crippen LogP contribution in [0.3, 0.4) is 0 Å². The van der Waals surface area contributed by atoms with E-state index >= 15 is 0 Å². The van der Waals surface area contributed by atoms with Gasteiger partial charge in [0.1, 0.15) is 11.3 Å². The van der Waals surface area contributed by atoms with Gasteiger partial charge in [-0.15, -0.1) is 0 Å². The molecule has 0 N–H and O–H groups in total. The molecule has 1 aromatic carbocycles. The lowest BCUT2D eigenvalue weighted by atomic mass is 10.2. The molecule has 1 saturated heterocycles. The summed E-state index contributed by atoms with van der Waals surface area (Å²) in [6.07, 6.45) is -0.147. The Morgan fingerprint density at radius 2 is 2.06 bits per heavy atom. The third-order valence-electron chi connectivity index (χ3n) is 2.80. The number of amides is 1. The van der Waals surface area contributed by atoms with Crippen molar-refractivity contribution in [2.45, 2.75) is 11.7 Å². The van der Waals surface area contributed by atoms with Gasteiger partial charge in [0, 0.05) is 23.6 Å². The van der Waals surface area contributed by atoms with Crippen molar-refractivity contribution in [1.29, 1.82) is 5.26 Å². The molecule has 1 heterocycles. The molecule has 0 radical (unpaired) electrons. The van der Waals surface area contributed by atoms with E-state index in [4.69, 9.17) is 15.9 Å². The zero-order chi connectivity index (χ0) is 13.3. The van der Waals surface area contributed by atoms with Gasteiger partial charge in [-0.1, -0.05) is 12.1 Å². The van der Waals surface area contributed by atoms with E-state index in [1.54, 1.807) is 24.3 Å². The van der Waals surface area contributed by atoms with Crippen LogP contribution in [0.25, 0.3) is 0 Å². The summed E-state index contributed by atoms with van der Waals surface area (Å²) in [4.78, 5) is 13.1. The number of hydrogen-bond donors (Lipinski definition) is 0. The fraction of sp³-hybridized carbons (Fsp3) is 0.273. The molecular weight excluding hydrogens is 276 g/mol. The second-order valence-electron chi connectivity index (χ2n) is 3.93. The SMILES string of the molecule is N#Cc1ccccc1N1CC(S(=O)(=O)Cl)CC1=O. The first kappa shape index (κ1) is 12.9. The van der Waals surface area contributed by atoms with Crippen molar-refractivity contribution in [3.05, 3.63) is 29.8 Å². The van der Waals surface area contributed by atoms with E-state index in [2.05, 4.69) is 0 Å². The molecule has 18 heavy (non-hydrogen) atoms. The number of rotatable bonds is 2. The number of halogens is 1. The molecule has 94 valence electrons. The van der Waals surface area contributed by atoms with Crippen LogP contribution in [0.15, 0.2) is 24.3 Å². The maximum Gasteiger partial charge on any atom is 0.237 e. The predicted molar refractivity (Wildman–Crippen MR) is 66.7 cm³/mol. The minimum absolute atomic E-state index is 0.0106. The zero-order valence-corrected chi connectivity index (χ0v) is 10.8. The molecule has 1 aliphatic heterocycles. The molecule has 0 aromatic heterocycles. The lowest BCUT2D eigenvalue weighted by Gasteiger charge is -2.17. The Morgan fingerprint density at radius 3 is 2.61 bits per heavy atom. The van der Waals surface area contributed by atoms with Crippen molar-refractivity contribution in [2.24, 2.45) is 0 Å². The molecule has 1 fully saturated rings. The Bertz CT molecular complexity index is 636. The topological polar surface area (TPSA) is 78.2 Å². The van der Waals surface area contributed by atoms with Crippen LogP contribution >= 0.6 is 10.7 Å². The zero-order valence-electron chi connectivity index (χ0n) is 9.21. The molecule has 0 saturated carbocycles.